The fourth-order valence-corrected chi connectivity index (χ4v) is 1.69. The molecule has 1 amide bonds. The Bertz CT molecular complexity index is 377. The van der Waals surface area contributed by atoms with Crippen LogP contribution in [0.1, 0.15) is 31.7 Å². The van der Waals surface area contributed by atoms with Gasteiger partial charge < -0.3 is 16.2 Å². The van der Waals surface area contributed by atoms with E-state index in [0.717, 1.165) is 12.0 Å². The van der Waals surface area contributed by atoms with Crippen molar-refractivity contribution in [3.05, 3.63) is 23.8 Å². The summed E-state index contributed by atoms with van der Waals surface area (Å²) in [4.78, 5) is 11.1. The van der Waals surface area contributed by atoms with Gasteiger partial charge in [-0.3, -0.25) is 4.79 Å². The monoisotopic (exact) mass is 222 g/mol. The van der Waals surface area contributed by atoms with Crippen molar-refractivity contribution in [2.45, 2.75) is 26.2 Å². The molecule has 1 atom stereocenters. The second kappa shape index (κ2) is 5.51. The van der Waals surface area contributed by atoms with Gasteiger partial charge in [0.05, 0.1) is 5.69 Å². The van der Waals surface area contributed by atoms with Crippen LogP contribution in [-0.4, -0.2) is 17.6 Å². The van der Waals surface area contributed by atoms with Crippen LogP contribution in [0.25, 0.3) is 0 Å². The van der Waals surface area contributed by atoms with Crippen molar-refractivity contribution in [2.24, 2.45) is 5.73 Å². The van der Waals surface area contributed by atoms with E-state index in [1.807, 2.05) is 13.0 Å². The van der Waals surface area contributed by atoms with E-state index in [2.05, 4.69) is 5.32 Å². The SMILES string of the molecule is CC(=O)Nc1c(O)cccc1C(C)CCN. The van der Waals surface area contributed by atoms with Gasteiger partial charge >= 0.3 is 0 Å². The normalized spacial score (nSPS) is 12.2. The van der Waals surface area contributed by atoms with E-state index in [0.29, 0.717) is 12.2 Å². The van der Waals surface area contributed by atoms with Crippen LogP contribution in [0, 0.1) is 0 Å². The molecular weight excluding hydrogens is 204 g/mol. The van der Waals surface area contributed by atoms with Crippen LogP contribution in [0.4, 0.5) is 5.69 Å². The number of hydrogen-bond acceptors (Lipinski definition) is 3. The summed E-state index contributed by atoms with van der Waals surface area (Å²) in [6.45, 7) is 4.02. The van der Waals surface area contributed by atoms with E-state index in [1.165, 1.54) is 6.92 Å². The standard InChI is InChI=1S/C12H18N2O2/c1-8(6-7-13)10-4-3-5-11(16)12(10)14-9(2)15/h3-5,8,16H,6-7,13H2,1-2H3,(H,14,15). The Morgan fingerprint density at radius 1 is 1.56 bits per heavy atom. The zero-order valence-electron chi connectivity index (χ0n) is 9.66. The Morgan fingerprint density at radius 3 is 2.81 bits per heavy atom. The number of aromatic hydroxyl groups is 1. The van der Waals surface area contributed by atoms with Crippen molar-refractivity contribution >= 4 is 11.6 Å². The van der Waals surface area contributed by atoms with Gasteiger partial charge in [-0.2, -0.15) is 0 Å². The summed E-state index contributed by atoms with van der Waals surface area (Å²) < 4.78 is 0. The molecule has 0 heterocycles. The molecule has 0 fully saturated rings. The number of nitrogens with two attached hydrogens (primary N) is 1. The number of amides is 1. The van der Waals surface area contributed by atoms with Crippen molar-refractivity contribution in [3.63, 3.8) is 0 Å². The number of phenolic OH excluding ortho intramolecular Hbond substituents is 1. The number of rotatable bonds is 4. The molecule has 0 saturated carbocycles. The van der Waals surface area contributed by atoms with Crippen LogP contribution in [0.5, 0.6) is 5.75 Å². The first-order valence-electron chi connectivity index (χ1n) is 5.35. The fourth-order valence-electron chi connectivity index (χ4n) is 1.69. The van der Waals surface area contributed by atoms with Gasteiger partial charge in [0.1, 0.15) is 5.75 Å². The van der Waals surface area contributed by atoms with E-state index in [9.17, 15) is 9.90 Å². The molecule has 1 aromatic rings. The summed E-state index contributed by atoms with van der Waals surface area (Å²) in [7, 11) is 0. The third-order valence-corrected chi connectivity index (χ3v) is 2.51. The van der Waals surface area contributed by atoms with Crippen LogP contribution < -0.4 is 11.1 Å². The van der Waals surface area contributed by atoms with Crippen LogP contribution in [0.3, 0.4) is 0 Å². The maximum Gasteiger partial charge on any atom is 0.221 e. The summed E-state index contributed by atoms with van der Waals surface area (Å²) in [5.74, 6) is 0.109. The topological polar surface area (TPSA) is 75.3 Å². The molecule has 0 spiro atoms. The predicted octanol–water partition coefficient (Wildman–Crippen LogP) is 1.80. The molecule has 0 aromatic heterocycles. The lowest BCUT2D eigenvalue weighted by molar-refractivity contribution is -0.114. The molecule has 1 aromatic carbocycles. The average Bonchev–Trinajstić information content (AvgIpc) is 2.20. The summed E-state index contributed by atoms with van der Waals surface area (Å²) in [5, 5.41) is 12.4. The van der Waals surface area contributed by atoms with Crippen molar-refractivity contribution in [1.29, 1.82) is 0 Å². The number of phenols is 1. The maximum atomic E-state index is 11.1. The summed E-state index contributed by atoms with van der Waals surface area (Å²) in [6.07, 6.45) is 0.816. The van der Waals surface area contributed by atoms with Gasteiger partial charge in [-0.05, 0) is 30.5 Å². The third kappa shape index (κ3) is 2.97. The smallest absolute Gasteiger partial charge is 0.221 e. The second-order valence-corrected chi connectivity index (χ2v) is 3.90. The number of hydrogen-bond donors (Lipinski definition) is 3. The summed E-state index contributed by atoms with van der Waals surface area (Å²) in [5.41, 5.74) is 6.92. The minimum atomic E-state index is -0.192. The lowest BCUT2D eigenvalue weighted by atomic mass is 9.95. The molecule has 0 aliphatic rings. The number of para-hydroxylation sites is 1. The number of carbonyl (C=O) groups excluding carboxylic acids is 1. The van der Waals surface area contributed by atoms with E-state index < -0.39 is 0 Å². The number of benzene rings is 1. The van der Waals surface area contributed by atoms with Crippen LogP contribution in [0.15, 0.2) is 18.2 Å². The van der Waals surface area contributed by atoms with Gasteiger partial charge in [-0.15, -0.1) is 0 Å². The van der Waals surface area contributed by atoms with Crippen LogP contribution in [0.2, 0.25) is 0 Å². The zero-order chi connectivity index (χ0) is 12.1. The van der Waals surface area contributed by atoms with Crippen LogP contribution in [-0.2, 0) is 4.79 Å². The molecule has 0 radical (unpaired) electrons. The molecule has 1 rings (SSSR count). The van der Waals surface area contributed by atoms with Gasteiger partial charge in [0.15, 0.2) is 0 Å². The summed E-state index contributed by atoms with van der Waals surface area (Å²) in [6, 6.07) is 5.22. The van der Waals surface area contributed by atoms with Gasteiger partial charge in [0.2, 0.25) is 5.91 Å². The molecule has 0 bridgehead atoms. The zero-order valence-corrected chi connectivity index (χ0v) is 9.66. The second-order valence-electron chi connectivity index (χ2n) is 3.90. The minimum Gasteiger partial charge on any atom is -0.506 e. The van der Waals surface area contributed by atoms with E-state index in [4.69, 9.17) is 5.73 Å². The Morgan fingerprint density at radius 2 is 2.25 bits per heavy atom. The fraction of sp³-hybridized carbons (Fsp3) is 0.417. The van der Waals surface area contributed by atoms with Crippen molar-refractivity contribution < 1.29 is 9.90 Å². The number of nitrogens with one attached hydrogen (secondary N) is 1. The molecule has 1 unspecified atom stereocenters. The van der Waals surface area contributed by atoms with Gasteiger partial charge in [-0.1, -0.05) is 19.1 Å². The lowest BCUT2D eigenvalue weighted by Crippen LogP contribution is -2.11. The van der Waals surface area contributed by atoms with E-state index >= 15 is 0 Å². The third-order valence-electron chi connectivity index (χ3n) is 2.51. The van der Waals surface area contributed by atoms with Crippen molar-refractivity contribution in [1.82, 2.24) is 0 Å². The number of anilines is 1. The Labute approximate surface area is 95.5 Å². The number of carbonyl (C=O) groups is 1. The largest absolute Gasteiger partial charge is 0.506 e. The molecule has 0 aliphatic heterocycles. The summed E-state index contributed by atoms with van der Waals surface area (Å²) >= 11 is 0. The highest BCUT2D eigenvalue weighted by Gasteiger charge is 2.14. The van der Waals surface area contributed by atoms with Crippen molar-refractivity contribution in [3.8, 4) is 5.75 Å². The highest BCUT2D eigenvalue weighted by atomic mass is 16.3. The minimum absolute atomic E-state index is 0.0940. The molecule has 4 heteroatoms. The average molecular weight is 222 g/mol. The van der Waals surface area contributed by atoms with Gasteiger partial charge in [-0.25, -0.2) is 0 Å². The predicted molar refractivity (Wildman–Crippen MR) is 64.5 cm³/mol. The van der Waals surface area contributed by atoms with Crippen LogP contribution >= 0.6 is 0 Å². The molecule has 0 saturated heterocycles. The first-order valence-corrected chi connectivity index (χ1v) is 5.35. The molecule has 16 heavy (non-hydrogen) atoms. The molecule has 4 N–H and O–H groups in total. The lowest BCUT2D eigenvalue weighted by Gasteiger charge is -2.16. The van der Waals surface area contributed by atoms with Gasteiger partial charge in [0, 0.05) is 6.92 Å². The maximum absolute atomic E-state index is 11.1. The molecule has 4 nitrogen and oxygen atoms in total. The van der Waals surface area contributed by atoms with Crippen molar-refractivity contribution in [2.75, 3.05) is 11.9 Å². The first-order chi connectivity index (χ1) is 7.56. The molecular formula is C12H18N2O2. The van der Waals surface area contributed by atoms with E-state index in [-0.39, 0.29) is 17.6 Å². The van der Waals surface area contributed by atoms with E-state index in [1.54, 1.807) is 12.1 Å². The quantitative estimate of drug-likeness (QED) is 0.680. The van der Waals surface area contributed by atoms with Gasteiger partial charge in [0.25, 0.3) is 0 Å². The highest BCUT2D eigenvalue weighted by Crippen LogP contribution is 2.33. The molecule has 0 aliphatic carbocycles. The molecule has 88 valence electrons. The Hall–Kier alpha value is -1.55. The highest BCUT2D eigenvalue weighted by molar-refractivity contribution is 5.91. The Kier molecular flexibility index (Phi) is 4.31. The Balaban J connectivity index is 3.06. The first kappa shape index (κ1) is 12.5.